The number of hydrogen-bond donors (Lipinski definition) is 2. The van der Waals surface area contributed by atoms with E-state index in [4.69, 9.17) is 5.73 Å². The quantitative estimate of drug-likeness (QED) is 0.419. The number of hydrogen-bond acceptors (Lipinski definition) is 3. The van der Waals surface area contributed by atoms with Gasteiger partial charge in [0.25, 0.3) is 5.91 Å². The largest absolute Gasteiger partial charge is 0.366 e. The van der Waals surface area contributed by atoms with Crippen LogP contribution in [0.15, 0.2) is 84.9 Å². The van der Waals surface area contributed by atoms with Gasteiger partial charge in [0, 0.05) is 0 Å². The summed E-state index contributed by atoms with van der Waals surface area (Å²) in [4.78, 5) is 37.6. The Balaban J connectivity index is 1.77. The Labute approximate surface area is 192 Å². The van der Waals surface area contributed by atoms with E-state index in [1.54, 1.807) is 6.07 Å². The highest BCUT2D eigenvalue weighted by Gasteiger charge is 2.22. The summed E-state index contributed by atoms with van der Waals surface area (Å²) >= 11 is 0. The predicted octanol–water partition coefficient (Wildman–Crippen LogP) is 4.45. The van der Waals surface area contributed by atoms with E-state index >= 15 is 0 Å². The van der Waals surface area contributed by atoms with Crippen LogP contribution < -0.4 is 11.1 Å². The molecule has 5 heteroatoms. The van der Waals surface area contributed by atoms with Crippen molar-refractivity contribution >= 4 is 28.9 Å². The molecule has 4 rings (SSSR count). The summed E-state index contributed by atoms with van der Waals surface area (Å²) in [6.07, 6.45) is 1.13. The van der Waals surface area contributed by atoms with E-state index in [9.17, 15) is 14.4 Å². The van der Waals surface area contributed by atoms with E-state index in [0.29, 0.717) is 28.7 Å². The molecule has 1 atom stereocenters. The zero-order valence-corrected chi connectivity index (χ0v) is 18.2. The van der Waals surface area contributed by atoms with Crippen molar-refractivity contribution in [3.8, 4) is 11.1 Å². The molecule has 0 aliphatic rings. The fourth-order valence-corrected chi connectivity index (χ4v) is 4.20. The van der Waals surface area contributed by atoms with E-state index < -0.39 is 11.9 Å². The molecule has 0 saturated heterocycles. The molecule has 0 heterocycles. The number of aryl methyl sites for hydroxylation is 1. The number of benzene rings is 4. The molecule has 0 aliphatic heterocycles. The van der Waals surface area contributed by atoms with Gasteiger partial charge in [-0.25, -0.2) is 0 Å². The third-order valence-corrected chi connectivity index (χ3v) is 5.74. The first-order valence-corrected chi connectivity index (χ1v) is 10.7. The lowest BCUT2D eigenvalue weighted by Crippen LogP contribution is -2.38. The van der Waals surface area contributed by atoms with Crippen LogP contribution in [0.2, 0.25) is 0 Å². The van der Waals surface area contributed by atoms with Crippen LogP contribution in [0.5, 0.6) is 0 Å². The highest BCUT2D eigenvalue weighted by Crippen LogP contribution is 2.33. The summed E-state index contributed by atoms with van der Waals surface area (Å²) in [6.45, 7) is 1.83. The maximum Gasteiger partial charge on any atom is 0.252 e. The second-order valence-corrected chi connectivity index (χ2v) is 7.98. The number of nitrogens with one attached hydrogen (secondary N) is 1. The van der Waals surface area contributed by atoms with Crippen molar-refractivity contribution in [3.05, 3.63) is 107 Å². The van der Waals surface area contributed by atoms with Gasteiger partial charge in [0.2, 0.25) is 5.91 Å². The normalized spacial score (nSPS) is 11.7. The van der Waals surface area contributed by atoms with E-state index in [1.807, 2.05) is 85.8 Å². The Morgan fingerprint density at radius 1 is 0.848 bits per heavy atom. The van der Waals surface area contributed by atoms with Gasteiger partial charge >= 0.3 is 0 Å². The maximum atomic E-state index is 13.4. The van der Waals surface area contributed by atoms with E-state index in [0.717, 1.165) is 28.2 Å². The van der Waals surface area contributed by atoms with Crippen LogP contribution in [0.4, 0.5) is 0 Å². The van der Waals surface area contributed by atoms with Gasteiger partial charge < -0.3 is 15.8 Å². The molecule has 4 aromatic rings. The molecular formula is C28H24N2O3. The number of fused-ring (bicyclic) bond motifs is 1. The van der Waals surface area contributed by atoms with Crippen LogP contribution in [0.1, 0.15) is 31.8 Å². The number of aldehydes is 1. The molecule has 0 saturated carbocycles. The second kappa shape index (κ2) is 9.49. The number of rotatable bonds is 7. The van der Waals surface area contributed by atoms with Crippen LogP contribution in [0.25, 0.3) is 21.9 Å². The van der Waals surface area contributed by atoms with Crippen LogP contribution in [0.3, 0.4) is 0 Å². The lowest BCUT2D eigenvalue weighted by molar-refractivity contribution is -0.109. The molecule has 0 radical (unpaired) electrons. The Morgan fingerprint density at radius 3 is 2.27 bits per heavy atom. The van der Waals surface area contributed by atoms with Gasteiger partial charge in [-0.15, -0.1) is 0 Å². The van der Waals surface area contributed by atoms with Crippen molar-refractivity contribution in [1.29, 1.82) is 0 Å². The summed E-state index contributed by atoms with van der Waals surface area (Å²) in [7, 11) is 0. The van der Waals surface area contributed by atoms with Crippen molar-refractivity contribution in [3.63, 3.8) is 0 Å². The summed E-state index contributed by atoms with van der Waals surface area (Å²) < 4.78 is 0. The van der Waals surface area contributed by atoms with Crippen molar-refractivity contribution in [2.24, 2.45) is 5.73 Å². The first kappa shape index (κ1) is 22.0. The van der Waals surface area contributed by atoms with Gasteiger partial charge in [0.05, 0.1) is 17.2 Å². The van der Waals surface area contributed by atoms with E-state index in [-0.39, 0.29) is 5.91 Å². The minimum absolute atomic E-state index is 0.365. The molecule has 0 fully saturated rings. The lowest BCUT2D eigenvalue weighted by atomic mass is 9.89. The highest BCUT2D eigenvalue weighted by molar-refractivity contribution is 6.14. The van der Waals surface area contributed by atoms with Gasteiger partial charge in [-0.2, -0.15) is 0 Å². The third kappa shape index (κ3) is 4.53. The number of primary amides is 1. The molecule has 0 spiro atoms. The topological polar surface area (TPSA) is 89.3 Å². The highest BCUT2D eigenvalue weighted by atomic mass is 16.2. The number of carbonyl (C=O) groups is 3. The number of amides is 2. The average Bonchev–Trinajstić information content (AvgIpc) is 2.83. The van der Waals surface area contributed by atoms with Crippen molar-refractivity contribution in [2.45, 2.75) is 19.4 Å². The summed E-state index contributed by atoms with van der Waals surface area (Å²) in [5.74, 6) is -0.941. The Hall–Kier alpha value is -4.25. The Kier molecular flexibility index (Phi) is 6.31. The molecule has 0 aliphatic carbocycles. The van der Waals surface area contributed by atoms with E-state index in [1.165, 1.54) is 0 Å². The molecule has 5 nitrogen and oxygen atoms in total. The first-order chi connectivity index (χ1) is 16.0. The SMILES string of the molecule is Cc1cccc(-c2ccc3ccccc3c2C(N)=O)c1C(=O)NC(C=O)Cc1ccccc1. The van der Waals surface area contributed by atoms with Crippen LogP contribution in [-0.4, -0.2) is 24.1 Å². The van der Waals surface area contributed by atoms with Gasteiger partial charge in [-0.05, 0) is 46.4 Å². The lowest BCUT2D eigenvalue weighted by Gasteiger charge is -2.18. The smallest absolute Gasteiger partial charge is 0.252 e. The average molecular weight is 437 g/mol. The van der Waals surface area contributed by atoms with Crippen molar-refractivity contribution < 1.29 is 14.4 Å². The number of nitrogens with two attached hydrogens (primary N) is 1. The van der Waals surface area contributed by atoms with Crippen LogP contribution in [0, 0.1) is 6.92 Å². The molecule has 1 unspecified atom stereocenters. The molecule has 3 N–H and O–H groups in total. The minimum Gasteiger partial charge on any atom is -0.366 e. The number of carbonyl (C=O) groups excluding carboxylic acids is 3. The zero-order chi connectivity index (χ0) is 23.4. The molecule has 0 aromatic heterocycles. The Morgan fingerprint density at radius 2 is 1.55 bits per heavy atom. The third-order valence-electron chi connectivity index (χ3n) is 5.74. The van der Waals surface area contributed by atoms with Crippen molar-refractivity contribution in [1.82, 2.24) is 5.32 Å². The van der Waals surface area contributed by atoms with Crippen LogP contribution in [-0.2, 0) is 11.2 Å². The Bertz CT molecular complexity index is 1350. The fourth-order valence-electron chi connectivity index (χ4n) is 4.20. The van der Waals surface area contributed by atoms with Gasteiger partial charge in [-0.1, -0.05) is 84.9 Å². The molecule has 33 heavy (non-hydrogen) atoms. The summed E-state index contributed by atoms with van der Waals surface area (Å²) in [5.41, 5.74) is 9.42. The summed E-state index contributed by atoms with van der Waals surface area (Å²) in [5, 5.41) is 4.46. The standard InChI is InChI=1S/C28H24N2O3/c1-18-8-7-13-23(24-15-14-20-11-5-6-12-22(20)26(24)27(29)32)25(18)28(33)30-21(17-31)16-19-9-3-2-4-10-19/h2-15,17,21H,16H2,1H3,(H2,29,32)(H,30,33). The van der Waals surface area contributed by atoms with Gasteiger partial charge in [0.15, 0.2) is 0 Å². The van der Waals surface area contributed by atoms with Gasteiger partial charge in [-0.3, -0.25) is 9.59 Å². The molecule has 164 valence electrons. The van der Waals surface area contributed by atoms with Crippen molar-refractivity contribution in [2.75, 3.05) is 0 Å². The zero-order valence-electron chi connectivity index (χ0n) is 18.2. The molecule has 4 aromatic carbocycles. The monoisotopic (exact) mass is 436 g/mol. The molecule has 2 amide bonds. The first-order valence-electron chi connectivity index (χ1n) is 10.7. The fraction of sp³-hybridized carbons (Fsp3) is 0.107. The predicted molar refractivity (Wildman–Crippen MR) is 130 cm³/mol. The second-order valence-electron chi connectivity index (χ2n) is 7.98. The summed E-state index contributed by atoms with van der Waals surface area (Å²) in [6, 6.07) is 25.5. The van der Waals surface area contributed by atoms with Crippen LogP contribution >= 0.6 is 0 Å². The van der Waals surface area contributed by atoms with Gasteiger partial charge in [0.1, 0.15) is 6.29 Å². The molecule has 0 bridgehead atoms. The maximum absolute atomic E-state index is 13.4. The van der Waals surface area contributed by atoms with E-state index in [2.05, 4.69) is 5.32 Å². The molecular weight excluding hydrogens is 412 g/mol. The minimum atomic E-state index is -0.681.